The summed E-state index contributed by atoms with van der Waals surface area (Å²) in [5.41, 5.74) is 5.57. The number of hydrogen-bond acceptors (Lipinski definition) is 4. The molecule has 1 heterocycles. The van der Waals surface area contributed by atoms with E-state index in [4.69, 9.17) is 10.5 Å². The summed E-state index contributed by atoms with van der Waals surface area (Å²) in [6.45, 7) is 9.66. The molecule has 1 aliphatic rings. The van der Waals surface area contributed by atoms with Crippen LogP contribution in [0.3, 0.4) is 0 Å². The monoisotopic (exact) mass is 215 g/mol. The van der Waals surface area contributed by atoms with E-state index in [0.717, 1.165) is 32.7 Å². The highest BCUT2D eigenvalue weighted by Crippen LogP contribution is 2.04. The van der Waals surface area contributed by atoms with Gasteiger partial charge in [0.1, 0.15) is 0 Å². The van der Waals surface area contributed by atoms with E-state index in [9.17, 15) is 0 Å². The molecule has 4 heteroatoms. The van der Waals surface area contributed by atoms with Crippen LogP contribution in [0.4, 0.5) is 0 Å². The maximum absolute atomic E-state index is 5.57. The van der Waals surface area contributed by atoms with Gasteiger partial charge in [0.25, 0.3) is 0 Å². The van der Waals surface area contributed by atoms with Crippen LogP contribution in [0, 0.1) is 0 Å². The number of hydrogen-bond donors (Lipinski definition) is 1. The summed E-state index contributed by atoms with van der Waals surface area (Å²) in [5.74, 6) is 0. The van der Waals surface area contributed by atoms with Gasteiger partial charge < -0.3 is 15.4 Å². The first-order chi connectivity index (χ1) is 7.26. The number of nitrogens with zero attached hydrogens (tertiary/aromatic N) is 2. The van der Waals surface area contributed by atoms with E-state index in [0.29, 0.717) is 6.10 Å². The van der Waals surface area contributed by atoms with Crippen LogP contribution < -0.4 is 5.73 Å². The largest absolute Gasteiger partial charge is 0.380 e. The molecule has 90 valence electrons. The van der Waals surface area contributed by atoms with E-state index in [-0.39, 0.29) is 0 Å². The molecular formula is C11H25N3O. The molecule has 1 rings (SSSR count). The van der Waals surface area contributed by atoms with Gasteiger partial charge >= 0.3 is 0 Å². The predicted molar refractivity (Wildman–Crippen MR) is 63.0 cm³/mol. The summed E-state index contributed by atoms with van der Waals surface area (Å²) in [6, 6.07) is 0. The maximum Gasteiger partial charge on any atom is 0.0670 e. The third kappa shape index (κ3) is 4.93. The highest BCUT2D eigenvalue weighted by Gasteiger charge is 2.15. The number of rotatable bonds is 5. The number of nitrogens with two attached hydrogens (primary N) is 1. The van der Waals surface area contributed by atoms with Gasteiger partial charge in [-0.25, -0.2) is 0 Å². The lowest BCUT2D eigenvalue weighted by atomic mass is 10.3. The maximum atomic E-state index is 5.57. The Hall–Kier alpha value is -0.160. The summed E-state index contributed by atoms with van der Waals surface area (Å²) in [6.07, 6.45) is 1.59. The molecule has 1 aliphatic heterocycles. The van der Waals surface area contributed by atoms with Gasteiger partial charge in [-0.2, -0.15) is 0 Å². The smallest absolute Gasteiger partial charge is 0.0670 e. The van der Waals surface area contributed by atoms with Crippen molar-refractivity contribution in [3.63, 3.8) is 0 Å². The van der Waals surface area contributed by atoms with Crippen molar-refractivity contribution < 1.29 is 4.74 Å². The van der Waals surface area contributed by atoms with Gasteiger partial charge in [0, 0.05) is 39.8 Å². The first kappa shape index (κ1) is 12.9. The van der Waals surface area contributed by atoms with E-state index in [2.05, 4.69) is 16.7 Å². The van der Waals surface area contributed by atoms with Crippen molar-refractivity contribution in [3.05, 3.63) is 0 Å². The van der Waals surface area contributed by atoms with E-state index < -0.39 is 0 Å². The zero-order chi connectivity index (χ0) is 11.1. The molecule has 0 saturated carbocycles. The Balaban J connectivity index is 2.26. The molecule has 1 unspecified atom stereocenters. The van der Waals surface area contributed by atoms with Crippen LogP contribution in [0.25, 0.3) is 0 Å². The van der Waals surface area contributed by atoms with Gasteiger partial charge in [-0.3, -0.25) is 4.90 Å². The summed E-state index contributed by atoms with van der Waals surface area (Å²) < 4.78 is 5.29. The van der Waals surface area contributed by atoms with Crippen LogP contribution in [0.15, 0.2) is 0 Å². The summed E-state index contributed by atoms with van der Waals surface area (Å²) in [5, 5.41) is 0. The Bertz CT molecular complexity index is 166. The SMILES string of the molecule is COC(C)CN1CCCN(CCN)CC1. The summed E-state index contributed by atoms with van der Waals surface area (Å²) in [7, 11) is 1.78. The third-order valence-electron chi connectivity index (χ3n) is 3.04. The molecule has 15 heavy (non-hydrogen) atoms. The second-order valence-electron chi connectivity index (χ2n) is 4.33. The molecule has 4 nitrogen and oxygen atoms in total. The Kier molecular flexibility index (Phi) is 6.17. The molecule has 0 bridgehead atoms. The highest BCUT2D eigenvalue weighted by molar-refractivity contribution is 4.71. The normalized spacial score (nSPS) is 22.6. The first-order valence-electron chi connectivity index (χ1n) is 5.94. The molecule has 0 aromatic rings. The lowest BCUT2D eigenvalue weighted by molar-refractivity contribution is 0.0783. The second-order valence-corrected chi connectivity index (χ2v) is 4.33. The van der Waals surface area contributed by atoms with Crippen molar-refractivity contribution in [1.82, 2.24) is 9.80 Å². The lowest BCUT2D eigenvalue weighted by Crippen LogP contribution is -2.36. The minimum atomic E-state index is 0.339. The lowest BCUT2D eigenvalue weighted by Gasteiger charge is -2.23. The van der Waals surface area contributed by atoms with E-state index in [1.165, 1.54) is 19.5 Å². The number of methoxy groups -OCH3 is 1. The Morgan fingerprint density at radius 3 is 2.53 bits per heavy atom. The second kappa shape index (κ2) is 7.17. The van der Waals surface area contributed by atoms with E-state index in [1.807, 2.05) is 0 Å². The minimum Gasteiger partial charge on any atom is -0.380 e. The standard InChI is InChI=1S/C11H25N3O/c1-11(15-2)10-14-6-3-5-13(7-4-12)8-9-14/h11H,3-10,12H2,1-2H3. The molecule has 2 N–H and O–H groups in total. The van der Waals surface area contributed by atoms with Gasteiger partial charge in [0.2, 0.25) is 0 Å². The van der Waals surface area contributed by atoms with Crippen molar-refractivity contribution in [2.24, 2.45) is 5.73 Å². The molecular weight excluding hydrogens is 190 g/mol. The van der Waals surface area contributed by atoms with Gasteiger partial charge in [-0.05, 0) is 26.4 Å². The fourth-order valence-electron chi connectivity index (χ4n) is 2.05. The molecule has 0 spiro atoms. The molecule has 0 aromatic carbocycles. The Morgan fingerprint density at radius 1 is 1.20 bits per heavy atom. The van der Waals surface area contributed by atoms with Crippen LogP contribution in [0.5, 0.6) is 0 Å². The van der Waals surface area contributed by atoms with Crippen molar-refractivity contribution >= 4 is 0 Å². The fraction of sp³-hybridized carbons (Fsp3) is 1.00. The average molecular weight is 215 g/mol. The zero-order valence-corrected chi connectivity index (χ0v) is 10.1. The van der Waals surface area contributed by atoms with E-state index in [1.54, 1.807) is 7.11 Å². The Labute approximate surface area is 93.4 Å². The van der Waals surface area contributed by atoms with Gasteiger partial charge in [0.15, 0.2) is 0 Å². The Morgan fingerprint density at radius 2 is 1.87 bits per heavy atom. The van der Waals surface area contributed by atoms with Gasteiger partial charge in [-0.15, -0.1) is 0 Å². The predicted octanol–water partition coefficient (Wildman–Crippen LogP) is -0.0123. The van der Waals surface area contributed by atoms with Crippen LogP contribution >= 0.6 is 0 Å². The van der Waals surface area contributed by atoms with Crippen LogP contribution in [0.2, 0.25) is 0 Å². The molecule has 1 saturated heterocycles. The fourth-order valence-corrected chi connectivity index (χ4v) is 2.05. The average Bonchev–Trinajstić information content (AvgIpc) is 2.45. The van der Waals surface area contributed by atoms with Crippen molar-refractivity contribution in [1.29, 1.82) is 0 Å². The van der Waals surface area contributed by atoms with E-state index >= 15 is 0 Å². The topological polar surface area (TPSA) is 41.7 Å². The summed E-state index contributed by atoms with van der Waals surface area (Å²) in [4.78, 5) is 4.95. The van der Waals surface area contributed by atoms with Crippen LogP contribution in [-0.4, -0.2) is 68.8 Å². The minimum absolute atomic E-state index is 0.339. The molecule has 1 fully saturated rings. The zero-order valence-electron chi connectivity index (χ0n) is 10.1. The molecule has 0 radical (unpaired) electrons. The van der Waals surface area contributed by atoms with Gasteiger partial charge in [0.05, 0.1) is 6.10 Å². The quantitative estimate of drug-likeness (QED) is 0.700. The number of ether oxygens (including phenoxy) is 1. The van der Waals surface area contributed by atoms with Crippen molar-refractivity contribution in [3.8, 4) is 0 Å². The van der Waals surface area contributed by atoms with Crippen LogP contribution in [0.1, 0.15) is 13.3 Å². The third-order valence-corrected chi connectivity index (χ3v) is 3.04. The van der Waals surface area contributed by atoms with Crippen molar-refractivity contribution in [2.75, 3.05) is 52.9 Å². The first-order valence-corrected chi connectivity index (χ1v) is 5.94. The summed E-state index contributed by atoms with van der Waals surface area (Å²) >= 11 is 0. The molecule has 1 atom stereocenters. The molecule has 0 aliphatic carbocycles. The van der Waals surface area contributed by atoms with Crippen LogP contribution in [-0.2, 0) is 4.74 Å². The van der Waals surface area contributed by atoms with Crippen molar-refractivity contribution in [2.45, 2.75) is 19.4 Å². The highest BCUT2D eigenvalue weighted by atomic mass is 16.5. The molecule has 0 aromatic heterocycles. The molecule has 0 amide bonds. The van der Waals surface area contributed by atoms with Gasteiger partial charge in [-0.1, -0.05) is 0 Å².